The maximum absolute atomic E-state index is 6.11. The Morgan fingerprint density at radius 3 is 2.35 bits per heavy atom. The highest BCUT2D eigenvalue weighted by Gasteiger charge is 2.29. The Bertz CT molecular complexity index is 732. The predicted octanol–water partition coefficient (Wildman–Crippen LogP) is -1.15. The lowest BCUT2D eigenvalue weighted by molar-refractivity contribution is -0.00000505. The molecule has 1 heterocycles. The number of benzene rings is 2. The maximum Gasteiger partial charge on any atom is 0.221 e. The Hall–Kier alpha value is -2.73. The minimum absolute atomic E-state index is 0. The molecular formula is C16H17ClN5O-. The molecule has 1 atom stereocenters. The fraction of sp³-hybridized carbons (Fsp3) is 0.125. The lowest BCUT2D eigenvalue weighted by Crippen LogP contribution is -3.00. The van der Waals surface area contributed by atoms with Crippen LogP contribution in [0.1, 0.15) is 11.7 Å². The second-order valence-electron chi connectivity index (χ2n) is 4.78. The molecular weight excluding hydrogens is 314 g/mol. The van der Waals surface area contributed by atoms with Crippen molar-refractivity contribution in [3.8, 4) is 5.75 Å². The fourth-order valence-corrected chi connectivity index (χ4v) is 2.44. The van der Waals surface area contributed by atoms with E-state index < -0.39 is 0 Å². The molecule has 3 rings (SSSR count). The molecule has 7 heteroatoms. The monoisotopic (exact) mass is 330 g/mol. The molecule has 0 aromatic heterocycles. The molecule has 120 valence electrons. The van der Waals surface area contributed by atoms with Gasteiger partial charge in [0.25, 0.3) is 0 Å². The van der Waals surface area contributed by atoms with Gasteiger partial charge in [0.2, 0.25) is 11.9 Å². The molecule has 1 aliphatic heterocycles. The van der Waals surface area contributed by atoms with Crippen molar-refractivity contribution >= 4 is 17.6 Å². The van der Waals surface area contributed by atoms with Gasteiger partial charge in [0, 0.05) is 0 Å². The van der Waals surface area contributed by atoms with Gasteiger partial charge < -0.3 is 28.6 Å². The number of anilines is 1. The summed E-state index contributed by atoms with van der Waals surface area (Å²) in [4.78, 5) is 10.3. The summed E-state index contributed by atoms with van der Waals surface area (Å²) >= 11 is 0. The topological polar surface area (TPSA) is 89.2 Å². The van der Waals surface area contributed by atoms with Crippen LogP contribution in [0.5, 0.6) is 5.75 Å². The average Bonchev–Trinajstić information content (AvgIpc) is 2.55. The maximum atomic E-state index is 6.11. The number of rotatable bonds is 3. The molecule has 1 unspecified atom stereocenters. The van der Waals surface area contributed by atoms with Crippen molar-refractivity contribution < 1.29 is 17.1 Å². The number of guanidine groups is 2. The van der Waals surface area contributed by atoms with Crippen LogP contribution in [0.2, 0.25) is 0 Å². The van der Waals surface area contributed by atoms with Crippen LogP contribution in [0.4, 0.5) is 5.69 Å². The minimum Gasteiger partial charge on any atom is -1.00 e. The van der Waals surface area contributed by atoms with Gasteiger partial charge in [0.15, 0.2) is 6.17 Å². The summed E-state index contributed by atoms with van der Waals surface area (Å²) in [5.74, 6) is 1.14. The third-order valence-corrected chi connectivity index (χ3v) is 3.42. The van der Waals surface area contributed by atoms with Crippen LogP contribution in [-0.4, -0.2) is 19.0 Å². The van der Waals surface area contributed by atoms with E-state index in [1.165, 1.54) is 0 Å². The molecule has 0 fully saturated rings. The summed E-state index contributed by atoms with van der Waals surface area (Å²) in [7, 11) is 1.62. The number of para-hydroxylation sites is 2. The van der Waals surface area contributed by atoms with Crippen LogP contribution in [-0.2, 0) is 0 Å². The summed E-state index contributed by atoms with van der Waals surface area (Å²) in [5, 5.41) is 0. The van der Waals surface area contributed by atoms with Crippen LogP contribution in [0.15, 0.2) is 64.6 Å². The third-order valence-electron chi connectivity index (χ3n) is 3.42. The van der Waals surface area contributed by atoms with Gasteiger partial charge in [0.1, 0.15) is 5.75 Å². The third kappa shape index (κ3) is 3.22. The molecule has 4 N–H and O–H groups in total. The molecule has 0 saturated carbocycles. The highest BCUT2D eigenvalue weighted by atomic mass is 35.5. The van der Waals surface area contributed by atoms with Gasteiger partial charge in [-0.15, -0.1) is 0 Å². The van der Waals surface area contributed by atoms with Crippen molar-refractivity contribution in [1.29, 1.82) is 0 Å². The molecule has 6 nitrogen and oxygen atoms in total. The summed E-state index contributed by atoms with van der Waals surface area (Å²) in [6, 6.07) is 17.4. The van der Waals surface area contributed by atoms with Gasteiger partial charge in [-0.05, 0) is 17.7 Å². The number of aliphatic imine (C=N–C) groups is 2. The molecule has 0 amide bonds. The van der Waals surface area contributed by atoms with Gasteiger partial charge in [-0.3, -0.25) is 4.90 Å². The van der Waals surface area contributed by atoms with Crippen LogP contribution in [0.25, 0.3) is 0 Å². The van der Waals surface area contributed by atoms with E-state index in [0.717, 1.165) is 11.3 Å². The highest BCUT2D eigenvalue weighted by molar-refractivity contribution is 6.05. The normalized spacial score (nSPS) is 16.9. The predicted molar refractivity (Wildman–Crippen MR) is 87.9 cm³/mol. The molecule has 0 saturated heterocycles. The quantitative estimate of drug-likeness (QED) is 0.743. The lowest BCUT2D eigenvalue weighted by Gasteiger charge is -2.33. The standard InChI is InChI=1S/C16H17N5O.ClH/c1-22-13-10-6-5-9-12(13)21-14(11-7-3-2-4-8-11)19-15(17)20-16(21)18;/h2-10,14H,1H3,(H4,17,18,19,20);1H/p-1. The van der Waals surface area contributed by atoms with Crippen molar-refractivity contribution in [3.63, 3.8) is 0 Å². The van der Waals surface area contributed by atoms with E-state index in [4.69, 9.17) is 16.2 Å². The van der Waals surface area contributed by atoms with E-state index in [1.54, 1.807) is 7.11 Å². The van der Waals surface area contributed by atoms with Crippen molar-refractivity contribution in [2.75, 3.05) is 12.0 Å². The van der Waals surface area contributed by atoms with Crippen molar-refractivity contribution in [2.24, 2.45) is 21.5 Å². The van der Waals surface area contributed by atoms with Gasteiger partial charge in [-0.25, -0.2) is 4.99 Å². The molecule has 0 spiro atoms. The van der Waals surface area contributed by atoms with Gasteiger partial charge >= 0.3 is 0 Å². The first-order valence-electron chi connectivity index (χ1n) is 6.85. The van der Waals surface area contributed by atoms with E-state index >= 15 is 0 Å². The second kappa shape index (κ2) is 7.02. The number of hydrogen-bond donors (Lipinski definition) is 2. The van der Waals surface area contributed by atoms with Crippen LogP contribution < -0.4 is 33.5 Å². The zero-order valence-corrected chi connectivity index (χ0v) is 13.3. The Kier molecular flexibility index (Phi) is 5.08. The van der Waals surface area contributed by atoms with Crippen LogP contribution in [0.3, 0.4) is 0 Å². The summed E-state index contributed by atoms with van der Waals surface area (Å²) < 4.78 is 5.43. The number of nitrogens with two attached hydrogens (primary N) is 2. The van der Waals surface area contributed by atoms with Gasteiger partial charge in [-0.2, -0.15) is 4.99 Å². The summed E-state index contributed by atoms with van der Waals surface area (Å²) in [6.07, 6.45) is -0.380. The zero-order valence-electron chi connectivity index (χ0n) is 12.6. The zero-order chi connectivity index (χ0) is 15.5. The average molecular weight is 331 g/mol. The number of nitrogens with zero attached hydrogens (tertiary/aromatic N) is 3. The molecule has 0 radical (unpaired) electrons. The highest BCUT2D eigenvalue weighted by Crippen LogP contribution is 2.35. The molecule has 23 heavy (non-hydrogen) atoms. The first kappa shape index (κ1) is 16.6. The van der Waals surface area contributed by atoms with E-state index in [9.17, 15) is 0 Å². The van der Waals surface area contributed by atoms with Gasteiger partial charge in [-0.1, -0.05) is 42.5 Å². The van der Waals surface area contributed by atoms with Crippen molar-refractivity contribution in [3.05, 3.63) is 60.2 Å². The summed E-state index contributed by atoms with van der Waals surface area (Å²) in [5.41, 5.74) is 13.7. The van der Waals surface area contributed by atoms with E-state index in [1.807, 2.05) is 59.5 Å². The van der Waals surface area contributed by atoms with Gasteiger partial charge in [0.05, 0.1) is 12.8 Å². The Labute approximate surface area is 140 Å². The first-order chi connectivity index (χ1) is 10.7. The number of halogens is 1. The number of hydrogen-bond acceptors (Lipinski definition) is 6. The number of ether oxygens (including phenoxy) is 1. The SMILES string of the molecule is COc1ccccc1N1C(N)=NC(N)=NC1c1ccccc1.[Cl-]. The largest absolute Gasteiger partial charge is 1.00 e. The molecule has 1 aliphatic rings. The van der Waals surface area contributed by atoms with E-state index in [-0.39, 0.29) is 30.5 Å². The smallest absolute Gasteiger partial charge is 0.221 e. The Morgan fingerprint density at radius 1 is 1.00 bits per heavy atom. The van der Waals surface area contributed by atoms with E-state index in [2.05, 4.69) is 9.98 Å². The molecule has 2 aromatic carbocycles. The summed E-state index contributed by atoms with van der Waals surface area (Å²) in [6.45, 7) is 0. The molecule has 0 aliphatic carbocycles. The van der Waals surface area contributed by atoms with Crippen molar-refractivity contribution in [1.82, 2.24) is 0 Å². The molecule has 2 aromatic rings. The van der Waals surface area contributed by atoms with Crippen LogP contribution in [0, 0.1) is 0 Å². The van der Waals surface area contributed by atoms with Crippen molar-refractivity contribution in [2.45, 2.75) is 6.17 Å². The Balaban J connectivity index is 0.00000192. The number of methoxy groups -OCH3 is 1. The lowest BCUT2D eigenvalue weighted by atomic mass is 10.1. The van der Waals surface area contributed by atoms with Crippen LogP contribution >= 0.6 is 0 Å². The Morgan fingerprint density at radius 2 is 1.65 bits per heavy atom. The molecule has 0 bridgehead atoms. The fourth-order valence-electron chi connectivity index (χ4n) is 2.44. The van der Waals surface area contributed by atoms with E-state index in [0.29, 0.717) is 5.75 Å². The minimum atomic E-state index is -0.380. The first-order valence-corrected chi connectivity index (χ1v) is 6.85. The second-order valence-corrected chi connectivity index (χ2v) is 4.78.